The molecule has 0 radical (unpaired) electrons. The number of tetrazole rings is 1. The van der Waals surface area contributed by atoms with Crippen LogP contribution in [0.2, 0.25) is 0 Å². The number of hydrogen-bond donors (Lipinski definition) is 2. The lowest BCUT2D eigenvalue weighted by Gasteiger charge is -2.14. The van der Waals surface area contributed by atoms with Crippen LogP contribution in [0.1, 0.15) is 50.2 Å². The van der Waals surface area contributed by atoms with E-state index in [1.54, 1.807) is 0 Å². The molecule has 1 aromatic carbocycles. The van der Waals surface area contributed by atoms with Gasteiger partial charge in [0.1, 0.15) is 0 Å². The number of anilines is 1. The molecule has 1 aliphatic carbocycles. The van der Waals surface area contributed by atoms with Crippen molar-refractivity contribution >= 4 is 11.6 Å². The Morgan fingerprint density at radius 3 is 3.00 bits per heavy atom. The van der Waals surface area contributed by atoms with Gasteiger partial charge in [-0.15, -0.1) is 5.10 Å². The summed E-state index contributed by atoms with van der Waals surface area (Å²) in [7, 11) is 0. The van der Waals surface area contributed by atoms with Gasteiger partial charge in [0.2, 0.25) is 5.91 Å². The summed E-state index contributed by atoms with van der Waals surface area (Å²) in [4.78, 5) is 11.1. The molecule has 1 fully saturated rings. The summed E-state index contributed by atoms with van der Waals surface area (Å²) < 4.78 is 1.92. The van der Waals surface area contributed by atoms with Crippen LogP contribution >= 0.6 is 0 Å². The molecule has 7 heteroatoms. The van der Waals surface area contributed by atoms with E-state index in [1.165, 1.54) is 6.92 Å². The van der Waals surface area contributed by atoms with Crippen molar-refractivity contribution in [1.82, 2.24) is 25.5 Å². The summed E-state index contributed by atoms with van der Waals surface area (Å²) in [6, 6.07) is 8.33. The van der Waals surface area contributed by atoms with Crippen LogP contribution in [0.15, 0.2) is 24.3 Å². The van der Waals surface area contributed by atoms with E-state index >= 15 is 0 Å². The third-order valence-electron chi connectivity index (χ3n) is 3.66. The second kappa shape index (κ2) is 6.23. The number of amides is 1. The maximum Gasteiger partial charge on any atom is 0.221 e. The van der Waals surface area contributed by atoms with Crippen molar-refractivity contribution in [2.75, 3.05) is 5.32 Å². The van der Waals surface area contributed by atoms with Gasteiger partial charge in [0.25, 0.3) is 0 Å². The molecule has 116 valence electrons. The molecule has 22 heavy (non-hydrogen) atoms. The Bertz CT molecular complexity index is 664. The number of carbonyl (C=O) groups excluding carboxylic acids is 1. The van der Waals surface area contributed by atoms with Crippen LogP contribution in [0.4, 0.5) is 5.69 Å². The standard InChI is InChI=1S/C15H20N6O/c1-10(15-18-19-20-21(15)14-6-7-14)16-9-12-4-3-5-13(8-12)17-11(2)22/h3-5,8,10,14,16H,6-7,9H2,1-2H3,(H,17,22). The highest BCUT2D eigenvalue weighted by molar-refractivity contribution is 5.88. The minimum absolute atomic E-state index is 0.0675. The summed E-state index contributed by atoms with van der Waals surface area (Å²) in [5.74, 6) is 0.808. The summed E-state index contributed by atoms with van der Waals surface area (Å²) in [6.45, 7) is 4.25. The predicted molar refractivity (Wildman–Crippen MR) is 82.1 cm³/mol. The average molecular weight is 300 g/mol. The van der Waals surface area contributed by atoms with Gasteiger partial charge in [0.05, 0.1) is 12.1 Å². The molecular weight excluding hydrogens is 280 g/mol. The van der Waals surface area contributed by atoms with Gasteiger partial charge in [-0.1, -0.05) is 12.1 Å². The molecule has 2 N–H and O–H groups in total. The fraction of sp³-hybridized carbons (Fsp3) is 0.467. The van der Waals surface area contributed by atoms with Crippen LogP contribution in [0, 0.1) is 0 Å². The highest BCUT2D eigenvalue weighted by Crippen LogP contribution is 2.35. The van der Waals surface area contributed by atoms with Gasteiger partial charge in [0, 0.05) is 19.2 Å². The van der Waals surface area contributed by atoms with E-state index in [1.807, 2.05) is 28.9 Å². The van der Waals surface area contributed by atoms with E-state index < -0.39 is 0 Å². The van der Waals surface area contributed by atoms with Crippen LogP contribution < -0.4 is 10.6 Å². The number of aromatic nitrogens is 4. The van der Waals surface area contributed by atoms with Crippen LogP contribution in [-0.4, -0.2) is 26.1 Å². The van der Waals surface area contributed by atoms with Gasteiger partial charge >= 0.3 is 0 Å². The number of nitrogens with zero attached hydrogens (tertiary/aromatic N) is 4. The van der Waals surface area contributed by atoms with Crippen LogP contribution in [-0.2, 0) is 11.3 Å². The van der Waals surface area contributed by atoms with Crippen LogP contribution in [0.3, 0.4) is 0 Å². The first-order chi connectivity index (χ1) is 10.6. The number of nitrogens with one attached hydrogen (secondary N) is 2. The van der Waals surface area contributed by atoms with Gasteiger partial charge in [-0.25, -0.2) is 4.68 Å². The lowest BCUT2D eigenvalue weighted by atomic mass is 10.2. The van der Waals surface area contributed by atoms with Crippen LogP contribution in [0.25, 0.3) is 0 Å². The lowest BCUT2D eigenvalue weighted by Crippen LogP contribution is -2.22. The molecule has 0 spiro atoms. The van der Waals surface area contributed by atoms with Crippen molar-refractivity contribution in [2.24, 2.45) is 0 Å². The first-order valence-corrected chi connectivity index (χ1v) is 7.51. The first kappa shape index (κ1) is 14.6. The third kappa shape index (κ3) is 3.48. The Labute approximate surface area is 129 Å². The molecule has 1 amide bonds. The smallest absolute Gasteiger partial charge is 0.221 e. The lowest BCUT2D eigenvalue weighted by molar-refractivity contribution is -0.114. The Kier molecular flexibility index (Phi) is 4.15. The summed E-state index contributed by atoms with van der Waals surface area (Å²) >= 11 is 0. The summed E-state index contributed by atoms with van der Waals surface area (Å²) in [6.07, 6.45) is 2.31. The molecule has 7 nitrogen and oxygen atoms in total. The highest BCUT2D eigenvalue weighted by Gasteiger charge is 2.29. The van der Waals surface area contributed by atoms with Crippen molar-refractivity contribution in [1.29, 1.82) is 0 Å². The molecular formula is C15H20N6O. The van der Waals surface area contributed by atoms with E-state index in [4.69, 9.17) is 0 Å². The maximum atomic E-state index is 11.1. The van der Waals surface area contributed by atoms with Crippen LogP contribution in [0.5, 0.6) is 0 Å². The fourth-order valence-corrected chi connectivity index (χ4v) is 2.39. The van der Waals surface area contributed by atoms with E-state index in [-0.39, 0.29) is 11.9 Å². The largest absolute Gasteiger partial charge is 0.326 e. The molecule has 3 rings (SSSR count). The van der Waals surface area contributed by atoms with E-state index in [0.717, 1.165) is 29.9 Å². The number of rotatable bonds is 6. The zero-order valence-electron chi connectivity index (χ0n) is 12.8. The zero-order chi connectivity index (χ0) is 15.5. The Morgan fingerprint density at radius 2 is 2.27 bits per heavy atom. The number of carbonyl (C=O) groups is 1. The Balaban J connectivity index is 1.62. The van der Waals surface area contributed by atoms with Crippen molar-refractivity contribution in [3.63, 3.8) is 0 Å². The van der Waals surface area contributed by atoms with Gasteiger partial charge < -0.3 is 10.6 Å². The molecule has 1 unspecified atom stereocenters. The maximum absolute atomic E-state index is 11.1. The third-order valence-corrected chi connectivity index (χ3v) is 3.66. The van der Waals surface area contributed by atoms with Gasteiger partial charge in [-0.3, -0.25) is 4.79 Å². The van der Waals surface area contributed by atoms with Crippen molar-refractivity contribution < 1.29 is 4.79 Å². The summed E-state index contributed by atoms with van der Waals surface area (Å²) in [5, 5.41) is 18.2. The molecule has 0 aliphatic heterocycles. The highest BCUT2D eigenvalue weighted by atomic mass is 16.1. The molecule has 0 saturated heterocycles. The molecule has 1 atom stereocenters. The van der Waals surface area contributed by atoms with Gasteiger partial charge in [-0.05, 0) is 47.9 Å². The van der Waals surface area contributed by atoms with Crippen molar-refractivity contribution in [2.45, 2.75) is 45.3 Å². The number of hydrogen-bond acceptors (Lipinski definition) is 5. The SMILES string of the molecule is CC(=O)Nc1cccc(CNC(C)c2nnnn2C2CC2)c1. The molecule has 1 heterocycles. The number of benzene rings is 1. The van der Waals surface area contributed by atoms with E-state index in [9.17, 15) is 4.79 Å². The Hall–Kier alpha value is -2.28. The molecule has 2 aromatic rings. The average Bonchev–Trinajstić information content (AvgIpc) is 3.21. The Morgan fingerprint density at radius 1 is 1.45 bits per heavy atom. The first-order valence-electron chi connectivity index (χ1n) is 7.51. The minimum Gasteiger partial charge on any atom is -0.326 e. The van der Waals surface area contributed by atoms with Crippen molar-refractivity contribution in [3.8, 4) is 0 Å². The monoisotopic (exact) mass is 300 g/mol. The van der Waals surface area contributed by atoms with Gasteiger partial charge in [-0.2, -0.15) is 0 Å². The normalized spacial score (nSPS) is 15.5. The second-order valence-electron chi connectivity index (χ2n) is 5.70. The minimum atomic E-state index is -0.0675. The summed E-state index contributed by atoms with van der Waals surface area (Å²) in [5.41, 5.74) is 1.91. The van der Waals surface area contributed by atoms with Gasteiger partial charge in [0.15, 0.2) is 5.82 Å². The predicted octanol–water partition coefficient (Wildman–Crippen LogP) is 1.82. The molecule has 1 aliphatic rings. The van der Waals surface area contributed by atoms with E-state index in [2.05, 4.69) is 33.1 Å². The molecule has 1 aromatic heterocycles. The second-order valence-corrected chi connectivity index (χ2v) is 5.70. The quantitative estimate of drug-likeness (QED) is 0.850. The van der Waals surface area contributed by atoms with Crippen molar-refractivity contribution in [3.05, 3.63) is 35.7 Å². The fourth-order valence-electron chi connectivity index (χ4n) is 2.39. The zero-order valence-corrected chi connectivity index (χ0v) is 12.8. The topological polar surface area (TPSA) is 84.7 Å². The molecule has 1 saturated carbocycles. The molecule has 0 bridgehead atoms. The van der Waals surface area contributed by atoms with E-state index in [0.29, 0.717) is 12.6 Å².